The van der Waals surface area contributed by atoms with Crippen molar-refractivity contribution in [1.29, 1.82) is 0 Å². The Hall–Kier alpha value is -6.00. The smallest absolute Gasteiger partial charge is 0.271 e. The lowest BCUT2D eigenvalue weighted by atomic mass is 9.44. The summed E-state index contributed by atoms with van der Waals surface area (Å²) in [5, 5.41) is 21.3. The molecular weight excluding hydrogens is 660 g/mol. The number of hydrogen-bond acceptors (Lipinski definition) is 8. The summed E-state index contributed by atoms with van der Waals surface area (Å²) in [4.78, 5) is 71.1. The second-order valence-electron chi connectivity index (χ2n) is 13.7. The number of ketones is 2. The van der Waals surface area contributed by atoms with E-state index in [2.05, 4.69) is 0 Å². The monoisotopic (exact) mass is 694 g/mol. The number of imide groups is 1. The minimum atomic E-state index is -1.43. The highest BCUT2D eigenvalue weighted by Crippen LogP contribution is 2.64. The highest BCUT2D eigenvalue weighted by Gasteiger charge is 2.66. The van der Waals surface area contributed by atoms with E-state index in [0.717, 1.165) is 10.5 Å². The van der Waals surface area contributed by atoms with Crippen molar-refractivity contribution < 1.29 is 33.9 Å². The fraction of sp³-hybridized carbons (Fsp3) is 0.238. The molecule has 2 fully saturated rings. The van der Waals surface area contributed by atoms with E-state index in [1.165, 1.54) is 30.3 Å². The van der Waals surface area contributed by atoms with E-state index in [1.807, 2.05) is 66.7 Å². The van der Waals surface area contributed by atoms with Crippen LogP contribution >= 0.6 is 0 Å². The molecule has 0 radical (unpaired) electrons. The molecule has 3 aliphatic carbocycles. The number of non-ortho nitro benzene ring substituents is 1. The van der Waals surface area contributed by atoms with E-state index in [-0.39, 0.29) is 54.6 Å². The third kappa shape index (κ3) is 4.97. The molecule has 4 aromatic rings. The third-order valence-corrected chi connectivity index (χ3v) is 11.3. The van der Waals surface area contributed by atoms with Gasteiger partial charge in [-0.2, -0.15) is 0 Å². The number of aliphatic hydroxyl groups excluding tert-OH is 1. The van der Waals surface area contributed by atoms with Gasteiger partial charge in [0.2, 0.25) is 11.8 Å². The van der Waals surface area contributed by atoms with Gasteiger partial charge in [-0.3, -0.25) is 29.3 Å². The van der Waals surface area contributed by atoms with Crippen LogP contribution in [0.2, 0.25) is 0 Å². The highest BCUT2D eigenvalue weighted by atomic mass is 16.6. The standard InChI is InChI=1S/C42H34N2O8/c45-20-21-52-35-17-8-7-16-30(35)38-29-18-19-31-37(41(49)43(40(31)48)27-14-9-15-28(22-27)44(50)51)33(29)23-34-39(47)32(25-10-3-1-4-11-25)24-36(46)42(34,38)26-12-5-2-6-13-26/h1-18,22,24,31,33-34,37-38,45H,19-21,23H2. The predicted molar refractivity (Wildman–Crippen MR) is 191 cm³/mol. The van der Waals surface area contributed by atoms with Crippen LogP contribution < -0.4 is 9.64 Å². The summed E-state index contributed by atoms with van der Waals surface area (Å²) in [7, 11) is 0. The number of allylic oxidation sites excluding steroid dienone is 4. The van der Waals surface area contributed by atoms with Crippen molar-refractivity contribution in [2.75, 3.05) is 18.1 Å². The number of Topliss-reactive ketones (excluding diaryl/α,β-unsaturated/α-hetero) is 1. The first-order chi connectivity index (χ1) is 25.3. The van der Waals surface area contributed by atoms with Crippen LogP contribution in [0.15, 0.2) is 127 Å². The summed E-state index contributed by atoms with van der Waals surface area (Å²) in [5.74, 6) is -4.97. The van der Waals surface area contributed by atoms with Crippen LogP contribution in [-0.2, 0) is 24.6 Å². The van der Waals surface area contributed by atoms with Crippen molar-refractivity contribution in [3.63, 3.8) is 0 Å². The topological polar surface area (TPSA) is 144 Å². The number of fused-ring (bicyclic) bond motifs is 4. The Balaban J connectivity index is 1.35. The van der Waals surface area contributed by atoms with Gasteiger partial charge < -0.3 is 9.84 Å². The van der Waals surface area contributed by atoms with Crippen LogP contribution in [0, 0.1) is 33.8 Å². The van der Waals surface area contributed by atoms with Gasteiger partial charge in [-0.05, 0) is 48.1 Å². The van der Waals surface area contributed by atoms with Crippen molar-refractivity contribution in [3.8, 4) is 5.75 Å². The maximum Gasteiger partial charge on any atom is 0.271 e. The third-order valence-electron chi connectivity index (χ3n) is 11.3. The average molecular weight is 695 g/mol. The zero-order valence-electron chi connectivity index (χ0n) is 28.0. The second kappa shape index (κ2) is 13.0. The molecule has 1 saturated heterocycles. The first kappa shape index (κ1) is 33.2. The molecule has 4 aromatic carbocycles. The van der Waals surface area contributed by atoms with Crippen molar-refractivity contribution in [2.24, 2.45) is 23.7 Å². The normalized spacial score (nSPS) is 26.6. The summed E-state index contributed by atoms with van der Waals surface area (Å²) in [6, 6.07) is 31.0. The molecule has 1 heterocycles. The number of rotatable bonds is 8. The number of hydrogen-bond donors (Lipinski definition) is 1. The lowest BCUT2D eigenvalue weighted by Gasteiger charge is -2.55. The van der Waals surface area contributed by atoms with Gasteiger partial charge in [-0.15, -0.1) is 0 Å². The number of para-hydroxylation sites is 1. The number of anilines is 1. The van der Waals surface area contributed by atoms with Gasteiger partial charge in [-0.25, -0.2) is 4.90 Å². The predicted octanol–water partition coefficient (Wildman–Crippen LogP) is 5.99. The molecule has 8 rings (SSSR count). The summed E-state index contributed by atoms with van der Waals surface area (Å²) < 4.78 is 6.09. The van der Waals surface area contributed by atoms with Crippen LogP contribution in [0.1, 0.15) is 35.4 Å². The fourth-order valence-electron chi connectivity index (χ4n) is 9.23. The minimum absolute atomic E-state index is 0.00519. The number of aliphatic hydroxyl groups is 1. The molecule has 0 bridgehead atoms. The average Bonchev–Trinajstić information content (AvgIpc) is 3.44. The number of benzene rings is 4. The molecule has 4 aliphatic rings. The molecule has 1 N–H and O–H groups in total. The van der Waals surface area contributed by atoms with Crippen molar-refractivity contribution in [2.45, 2.75) is 24.2 Å². The molecule has 6 atom stereocenters. The van der Waals surface area contributed by atoms with Gasteiger partial charge in [0.15, 0.2) is 11.6 Å². The molecular formula is C42H34N2O8. The number of nitrogens with zero attached hydrogens (tertiary/aromatic N) is 2. The largest absolute Gasteiger partial charge is 0.491 e. The molecule has 6 unspecified atom stereocenters. The molecule has 0 aromatic heterocycles. The lowest BCUT2D eigenvalue weighted by molar-refractivity contribution is -0.384. The molecule has 1 saturated carbocycles. The number of nitro benzene ring substituents is 1. The number of ether oxygens (including phenoxy) is 1. The van der Waals surface area contributed by atoms with Crippen molar-refractivity contribution >= 4 is 40.3 Å². The Morgan fingerprint density at radius 3 is 2.29 bits per heavy atom. The number of carbonyl (C=O) groups excluding carboxylic acids is 4. The highest BCUT2D eigenvalue weighted by molar-refractivity contribution is 6.32. The van der Waals surface area contributed by atoms with Crippen LogP contribution in [0.3, 0.4) is 0 Å². The molecule has 260 valence electrons. The summed E-state index contributed by atoms with van der Waals surface area (Å²) >= 11 is 0. The second-order valence-corrected chi connectivity index (χ2v) is 13.7. The van der Waals surface area contributed by atoms with Gasteiger partial charge in [0, 0.05) is 35.1 Å². The first-order valence-electron chi connectivity index (χ1n) is 17.3. The Bertz CT molecular complexity index is 2200. The van der Waals surface area contributed by atoms with E-state index in [9.17, 15) is 24.8 Å². The minimum Gasteiger partial charge on any atom is -0.491 e. The summed E-state index contributed by atoms with van der Waals surface area (Å²) in [6.45, 7) is -0.250. The van der Waals surface area contributed by atoms with Crippen molar-refractivity contribution in [1.82, 2.24) is 0 Å². The lowest BCUT2D eigenvalue weighted by Crippen LogP contribution is -2.58. The Kier molecular flexibility index (Phi) is 8.26. The SMILES string of the molecule is O=C1C(c2ccccc2)=CC(=O)C2(c3ccccc3)C1CC1C(=CCC3C(=O)N(c4cccc([N+](=O)[O-])c4)C(=O)C31)C2c1ccccc1OCCO. The molecule has 2 amide bonds. The molecule has 10 nitrogen and oxygen atoms in total. The van der Waals surface area contributed by atoms with E-state index in [0.29, 0.717) is 22.4 Å². The van der Waals surface area contributed by atoms with Crippen LogP contribution in [0.25, 0.3) is 5.57 Å². The Morgan fingerprint density at radius 1 is 0.846 bits per heavy atom. The van der Waals surface area contributed by atoms with E-state index in [4.69, 9.17) is 4.74 Å². The molecule has 1 aliphatic heterocycles. The van der Waals surface area contributed by atoms with Crippen LogP contribution in [-0.4, -0.2) is 46.6 Å². The molecule has 0 spiro atoms. The summed E-state index contributed by atoms with van der Waals surface area (Å²) in [6.07, 6.45) is 3.74. The number of nitro groups is 1. The first-order valence-corrected chi connectivity index (χ1v) is 17.3. The van der Waals surface area contributed by atoms with Crippen LogP contribution in [0.4, 0.5) is 11.4 Å². The summed E-state index contributed by atoms with van der Waals surface area (Å²) in [5.41, 5.74) is 1.38. The molecule has 52 heavy (non-hydrogen) atoms. The Labute approximate surface area is 299 Å². The zero-order valence-corrected chi connectivity index (χ0v) is 28.0. The van der Waals surface area contributed by atoms with Gasteiger partial charge in [0.25, 0.3) is 5.69 Å². The van der Waals surface area contributed by atoms with Gasteiger partial charge in [0.1, 0.15) is 12.4 Å². The van der Waals surface area contributed by atoms with Gasteiger partial charge >= 0.3 is 0 Å². The van der Waals surface area contributed by atoms with E-state index >= 15 is 9.59 Å². The van der Waals surface area contributed by atoms with Gasteiger partial charge in [0.05, 0.1) is 34.5 Å². The maximum absolute atomic E-state index is 15.2. The quantitative estimate of drug-likeness (QED) is 0.102. The Morgan fingerprint density at radius 2 is 1.56 bits per heavy atom. The number of carbonyl (C=O) groups is 4. The maximum atomic E-state index is 15.2. The number of amides is 2. The molecule has 10 heteroatoms. The van der Waals surface area contributed by atoms with Crippen molar-refractivity contribution in [3.05, 3.63) is 154 Å². The fourth-order valence-corrected chi connectivity index (χ4v) is 9.23. The van der Waals surface area contributed by atoms with Gasteiger partial charge in [-0.1, -0.05) is 96.6 Å². The zero-order chi connectivity index (χ0) is 36.1. The van der Waals surface area contributed by atoms with E-state index in [1.54, 1.807) is 24.3 Å². The van der Waals surface area contributed by atoms with E-state index < -0.39 is 51.7 Å². The van der Waals surface area contributed by atoms with Crippen LogP contribution in [0.5, 0.6) is 5.75 Å².